The van der Waals surface area contributed by atoms with E-state index in [4.69, 9.17) is 20.3 Å². The van der Waals surface area contributed by atoms with Crippen LogP contribution in [0.15, 0.2) is 23.0 Å². The highest BCUT2D eigenvalue weighted by molar-refractivity contribution is 5.92. The van der Waals surface area contributed by atoms with E-state index in [1.807, 2.05) is 0 Å². The van der Waals surface area contributed by atoms with Gasteiger partial charge in [-0.15, -0.1) is 11.1 Å². The second-order valence-corrected chi connectivity index (χ2v) is 4.07. The molecule has 0 saturated carbocycles. The van der Waals surface area contributed by atoms with Crippen LogP contribution in [0.2, 0.25) is 0 Å². The van der Waals surface area contributed by atoms with Crippen LogP contribution in [0.25, 0.3) is 0 Å². The number of ether oxygens (including phenoxy) is 1. The number of hydrogen-bond acceptors (Lipinski definition) is 7. The number of nitrogens with two attached hydrogens (primary N) is 1. The molecule has 1 aliphatic heterocycles. The quantitative estimate of drug-likeness (QED) is 0.466. The molecule has 0 unspecified atom stereocenters. The number of nitrogens with one attached hydrogen (secondary N) is 3. The molecule has 2 rings (SSSR count). The SMILES string of the molecule is Cc1occ(N2NNN(C)C2=O)c1COC(=N)/C=C\N. The number of furan rings is 1. The van der Waals surface area contributed by atoms with Crippen LogP contribution >= 0.6 is 0 Å². The fourth-order valence-electron chi connectivity index (χ4n) is 1.65. The molecule has 108 valence electrons. The van der Waals surface area contributed by atoms with Crippen molar-refractivity contribution in [3.63, 3.8) is 0 Å². The van der Waals surface area contributed by atoms with Gasteiger partial charge in [0.05, 0.1) is 5.56 Å². The van der Waals surface area contributed by atoms with Gasteiger partial charge in [0.15, 0.2) is 0 Å². The Bertz CT molecular complexity index is 552. The number of nitrogens with zero attached hydrogens (tertiary/aromatic N) is 2. The van der Waals surface area contributed by atoms with Crippen molar-refractivity contribution in [3.05, 3.63) is 29.9 Å². The molecule has 1 fully saturated rings. The summed E-state index contributed by atoms with van der Waals surface area (Å²) in [7, 11) is 1.58. The number of carbonyl (C=O) groups is 1. The van der Waals surface area contributed by atoms with Crippen LogP contribution < -0.4 is 21.8 Å². The predicted molar refractivity (Wildman–Crippen MR) is 71.2 cm³/mol. The van der Waals surface area contributed by atoms with Crippen LogP contribution in [-0.2, 0) is 11.3 Å². The first kappa shape index (κ1) is 13.9. The van der Waals surface area contributed by atoms with E-state index in [-0.39, 0.29) is 18.5 Å². The van der Waals surface area contributed by atoms with Gasteiger partial charge in [-0.3, -0.25) is 5.41 Å². The number of carbonyl (C=O) groups excluding carboxylic acids is 1. The number of hydrogen-bond donors (Lipinski definition) is 4. The van der Waals surface area contributed by atoms with Crippen molar-refractivity contribution < 1.29 is 13.9 Å². The van der Waals surface area contributed by atoms with E-state index in [0.717, 1.165) is 0 Å². The van der Waals surface area contributed by atoms with Crippen LogP contribution in [0.3, 0.4) is 0 Å². The Balaban J connectivity index is 2.15. The monoisotopic (exact) mass is 280 g/mol. The van der Waals surface area contributed by atoms with Crippen molar-refractivity contribution >= 4 is 17.6 Å². The Kier molecular flexibility index (Phi) is 3.91. The predicted octanol–water partition coefficient (Wildman–Crippen LogP) is 0.350. The molecule has 5 N–H and O–H groups in total. The maximum atomic E-state index is 11.9. The second kappa shape index (κ2) is 5.63. The zero-order valence-corrected chi connectivity index (χ0v) is 11.1. The van der Waals surface area contributed by atoms with E-state index in [1.165, 1.54) is 28.6 Å². The number of amides is 2. The molecule has 0 aromatic carbocycles. The second-order valence-electron chi connectivity index (χ2n) is 4.07. The minimum absolute atomic E-state index is 0.0741. The Morgan fingerprint density at radius 2 is 2.35 bits per heavy atom. The summed E-state index contributed by atoms with van der Waals surface area (Å²) in [4.78, 5) is 11.9. The van der Waals surface area contributed by atoms with Crippen LogP contribution in [0.1, 0.15) is 11.3 Å². The van der Waals surface area contributed by atoms with Crippen LogP contribution in [0.5, 0.6) is 0 Å². The molecule has 1 aromatic rings. The summed E-state index contributed by atoms with van der Waals surface area (Å²) in [6.45, 7) is 1.85. The van der Waals surface area contributed by atoms with E-state index >= 15 is 0 Å². The van der Waals surface area contributed by atoms with E-state index in [1.54, 1.807) is 14.0 Å². The van der Waals surface area contributed by atoms with E-state index < -0.39 is 0 Å². The average Bonchev–Trinajstić information content (AvgIpc) is 2.92. The first-order chi connectivity index (χ1) is 9.54. The molecule has 1 saturated heterocycles. The topological polar surface area (TPSA) is 120 Å². The number of aryl methyl sites for hydroxylation is 1. The Labute approximate surface area is 115 Å². The summed E-state index contributed by atoms with van der Waals surface area (Å²) in [6, 6.07) is -0.288. The van der Waals surface area contributed by atoms with Gasteiger partial charge in [0.2, 0.25) is 5.90 Å². The number of hydrazine groups is 3. The lowest BCUT2D eigenvalue weighted by Crippen LogP contribution is -2.38. The Hall–Kier alpha value is -2.52. The highest BCUT2D eigenvalue weighted by atomic mass is 16.5. The van der Waals surface area contributed by atoms with Gasteiger partial charge in [0, 0.05) is 13.1 Å². The molecule has 1 aromatic heterocycles. The molecule has 9 nitrogen and oxygen atoms in total. The third kappa shape index (κ3) is 2.58. The van der Waals surface area contributed by atoms with Gasteiger partial charge in [-0.1, -0.05) is 0 Å². The Morgan fingerprint density at radius 3 is 2.95 bits per heavy atom. The zero-order chi connectivity index (χ0) is 14.7. The molecule has 0 radical (unpaired) electrons. The normalized spacial score (nSPS) is 15.4. The molecular weight excluding hydrogens is 264 g/mol. The van der Waals surface area contributed by atoms with Crippen LogP contribution in [-0.4, -0.2) is 24.0 Å². The highest BCUT2D eigenvalue weighted by Crippen LogP contribution is 2.27. The highest BCUT2D eigenvalue weighted by Gasteiger charge is 2.30. The van der Waals surface area contributed by atoms with Gasteiger partial charge < -0.3 is 14.9 Å². The summed E-state index contributed by atoms with van der Waals surface area (Å²) >= 11 is 0. The fraction of sp³-hybridized carbons (Fsp3) is 0.273. The standard InChI is InChI=1S/C11H16N6O3/c1-7-8(5-20-10(13)3-4-12)9(6-19-7)17-11(18)16(2)14-15-17/h3-4,6,13-15H,5,12H2,1-2H3/b4-3-,13-10?. The molecule has 0 atom stereocenters. The molecule has 0 spiro atoms. The van der Waals surface area contributed by atoms with Crippen LogP contribution in [0, 0.1) is 12.3 Å². The lowest BCUT2D eigenvalue weighted by Gasteiger charge is -2.14. The van der Waals surface area contributed by atoms with Gasteiger partial charge in [-0.25, -0.2) is 14.8 Å². The molecule has 9 heteroatoms. The van der Waals surface area contributed by atoms with Gasteiger partial charge >= 0.3 is 6.03 Å². The average molecular weight is 280 g/mol. The molecule has 0 aliphatic carbocycles. The lowest BCUT2D eigenvalue weighted by molar-refractivity contribution is 0.214. The van der Waals surface area contributed by atoms with Gasteiger partial charge in [0.1, 0.15) is 24.3 Å². The Morgan fingerprint density at radius 1 is 1.60 bits per heavy atom. The zero-order valence-electron chi connectivity index (χ0n) is 11.1. The van der Waals surface area contributed by atoms with Crippen LogP contribution in [0.4, 0.5) is 10.5 Å². The van der Waals surface area contributed by atoms with Crippen molar-refractivity contribution in [2.45, 2.75) is 13.5 Å². The van der Waals surface area contributed by atoms with E-state index in [2.05, 4.69) is 11.1 Å². The summed E-state index contributed by atoms with van der Waals surface area (Å²) in [5.74, 6) is 0.531. The largest absolute Gasteiger partial charge is 0.473 e. The smallest absolute Gasteiger partial charge is 0.355 e. The van der Waals surface area contributed by atoms with Crippen molar-refractivity contribution in [1.29, 1.82) is 5.41 Å². The van der Waals surface area contributed by atoms with Crippen molar-refractivity contribution in [1.82, 2.24) is 16.1 Å². The van der Waals surface area contributed by atoms with Crippen molar-refractivity contribution in [3.8, 4) is 0 Å². The van der Waals surface area contributed by atoms with E-state index in [9.17, 15) is 4.79 Å². The minimum Gasteiger partial charge on any atom is -0.473 e. The number of rotatable bonds is 4. The van der Waals surface area contributed by atoms with Crippen molar-refractivity contribution in [2.75, 3.05) is 12.1 Å². The molecule has 2 heterocycles. The van der Waals surface area contributed by atoms with Gasteiger partial charge in [0.25, 0.3) is 0 Å². The minimum atomic E-state index is -0.288. The summed E-state index contributed by atoms with van der Waals surface area (Å²) in [5, 5.41) is 10.0. The number of anilines is 1. The molecular formula is C11H16N6O3. The molecule has 20 heavy (non-hydrogen) atoms. The van der Waals surface area contributed by atoms with Crippen molar-refractivity contribution in [2.24, 2.45) is 5.73 Å². The molecule has 2 amide bonds. The molecule has 0 bridgehead atoms. The summed E-state index contributed by atoms with van der Waals surface area (Å²) < 4.78 is 10.5. The van der Waals surface area contributed by atoms with Gasteiger partial charge in [-0.2, -0.15) is 0 Å². The first-order valence-electron chi connectivity index (χ1n) is 5.80. The number of urea groups is 1. The molecule has 1 aliphatic rings. The summed E-state index contributed by atoms with van der Waals surface area (Å²) in [5.41, 5.74) is 11.7. The third-order valence-corrected chi connectivity index (χ3v) is 2.75. The summed E-state index contributed by atoms with van der Waals surface area (Å²) in [6.07, 6.45) is 3.99. The lowest BCUT2D eigenvalue weighted by atomic mass is 10.2. The first-order valence-corrected chi connectivity index (χ1v) is 5.80. The third-order valence-electron chi connectivity index (χ3n) is 2.75. The van der Waals surface area contributed by atoms with Gasteiger partial charge in [-0.05, 0) is 13.1 Å². The van der Waals surface area contributed by atoms with E-state index in [0.29, 0.717) is 17.0 Å². The maximum absolute atomic E-state index is 11.9. The maximum Gasteiger partial charge on any atom is 0.355 e. The fourth-order valence-corrected chi connectivity index (χ4v) is 1.65.